The Bertz CT molecular complexity index is 1330. The first-order valence-corrected chi connectivity index (χ1v) is 12.7. The van der Waals surface area contributed by atoms with Crippen molar-refractivity contribution in [2.45, 2.75) is 46.6 Å². The van der Waals surface area contributed by atoms with E-state index in [0.717, 1.165) is 47.5 Å². The van der Waals surface area contributed by atoms with Crippen molar-refractivity contribution in [2.75, 3.05) is 18.0 Å². The van der Waals surface area contributed by atoms with Crippen LogP contribution in [0.5, 0.6) is 0 Å². The van der Waals surface area contributed by atoms with Gasteiger partial charge in [-0.15, -0.1) is 11.3 Å². The Kier molecular flexibility index (Phi) is 6.46. The lowest BCUT2D eigenvalue weighted by atomic mass is 9.94. The van der Waals surface area contributed by atoms with E-state index in [1.807, 2.05) is 26.0 Å². The molecule has 1 amide bonds. The van der Waals surface area contributed by atoms with E-state index in [1.165, 1.54) is 10.4 Å². The van der Waals surface area contributed by atoms with Crippen LogP contribution in [-0.2, 0) is 4.79 Å². The lowest BCUT2D eigenvalue weighted by molar-refractivity contribution is -0.126. The molecule has 4 aromatic heterocycles. The summed E-state index contributed by atoms with van der Waals surface area (Å²) in [5.41, 5.74) is 2.02. The third kappa shape index (κ3) is 4.62. The molecule has 1 atom stereocenters. The van der Waals surface area contributed by atoms with E-state index in [1.54, 1.807) is 30.1 Å². The number of carbonyl (C=O) groups is 1. The Morgan fingerprint density at radius 3 is 2.74 bits per heavy atom. The third-order valence-corrected chi connectivity index (χ3v) is 7.82. The van der Waals surface area contributed by atoms with Crippen LogP contribution in [0.3, 0.4) is 0 Å². The van der Waals surface area contributed by atoms with Crippen LogP contribution >= 0.6 is 11.3 Å². The molecule has 1 N–H and O–H groups in total. The van der Waals surface area contributed by atoms with Gasteiger partial charge in [-0.3, -0.25) is 9.78 Å². The van der Waals surface area contributed by atoms with Crippen LogP contribution in [0.15, 0.2) is 35.4 Å². The van der Waals surface area contributed by atoms with Crippen LogP contribution in [0.25, 0.3) is 21.6 Å². The van der Waals surface area contributed by atoms with E-state index in [9.17, 15) is 4.79 Å². The van der Waals surface area contributed by atoms with E-state index in [4.69, 9.17) is 4.52 Å². The summed E-state index contributed by atoms with van der Waals surface area (Å²) in [7, 11) is 0. The molecular weight excluding hydrogens is 462 g/mol. The SMILES string of the molecule is Cc1sc2ncnc(N3CCC(C(=O)N[C@@H](c4nc(-c5cccnc5)no4)C(C)C)CC3)c2c1C. The van der Waals surface area contributed by atoms with Crippen LogP contribution in [0, 0.1) is 25.7 Å². The van der Waals surface area contributed by atoms with Gasteiger partial charge < -0.3 is 14.7 Å². The smallest absolute Gasteiger partial charge is 0.249 e. The fourth-order valence-corrected chi connectivity index (χ4v) is 5.51. The quantitative estimate of drug-likeness (QED) is 0.420. The molecule has 0 bridgehead atoms. The Hall–Kier alpha value is -3.40. The van der Waals surface area contributed by atoms with E-state index in [-0.39, 0.29) is 23.8 Å². The van der Waals surface area contributed by atoms with Crippen molar-refractivity contribution in [1.82, 2.24) is 30.4 Å². The fraction of sp³-hybridized carbons (Fsp3) is 0.440. The Labute approximate surface area is 208 Å². The number of hydrogen-bond donors (Lipinski definition) is 1. The first-order valence-electron chi connectivity index (χ1n) is 11.9. The normalized spacial score (nSPS) is 15.6. The maximum atomic E-state index is 13.2. The Morgan fingerprint density at radius 1 is 1.23 bits per heavy atom. The molecule has 1 aliphatic rings. The number of anilines is 1. The molecule has 182 valence electrons. The molecular formula is C25H29N7O2S. The van der Waals surface area contributed by atoms with Crippen molar-refractivity contribution in [3.63, 3.8) is 0 Å². The molecule has 9 nitrogen and oxygen atoms in total. The number of thiophene rings is 1. The zero-order valence-electron chi connectivity index (χ0n) is 20.4. The van der Waals surface area contributed by atoms with Crippen LogP contribution < -0.4 is 10.2 Å². The second kappa shape index (κ2) is 9.69. The molecule has 10 heteroatoms. The molecule has 1 aliphatic heterocycles. The van der Waals surface area contributed by atoms with Crippen LogP contribution in [0.4, 0.5) is 5.82 Å². The summed E-state index contributed by atoms with van der Waals surface area (Å²) in [5, 5.41) is 8.40. The lowest BCUT2D eigenvalue weighted by Gasteiger charge is -2.33. The Morgan fingerprint density at radius 2 is 2.03 bits per heavy atom. The van der Waals surface area contributed by atoms with Crippen LogP contribution in [0.1, 0.15) is 49.1 Å². The van der Waals surface area contributed by atoms with Gasteiger partial charge in [0.2, 0.25) is 17.6 Å². The molecule has 0 saturated carbocycles. The van der Waals surface area contributed by atoms with Crippen molar-refractivity contribution in [3.8, 4) is 11.4 Å². The molecule has 35 heavy (non-hydrogen) atoms. The summed E-state index contributed by atoms with van der Waals surface area (Å²) >= 11 is 1.70. The number of fused-ring (bicyclic) bond motifs is 1. The number of piperidine rings is 1. The highest BCUT2D eigenvalue weighted by atomic mass is 32.1. The molecule has 0 unspecified atom stereocenters. The van der Waals surface area contributed by atoms with Crippen LogP contribution in [0.2, 0.25) is 0 Å². The van der Waals surface area contributed by atoms with Gasteiger partial charge in [-0.2, -0.15) is 4.98 Å². The number of nitrogens with zero attached hydrogens (tertiary/aromatic N) is 6. The molecule has 1 saturated heterocycles. The van der Waals surface area contributed by atoms with Crippen molar-refractivity contribution < 1.29 is 9.32 Å². The number of rotatable bonds is 6. The van der Waals surface area contributed by atoms with Gasteiger partial charge in [-0.05, 0) is 50.3 Å². The van der Waals surface area contributed by atoms with Gasteiger partial charge in [0.15, 0.2) is 0 Å². The average molecular weight is 492 g/mol. The number of pyridine rings is 1. The minimum atomic E-state index is -0.351. The summed E-state index contributed by atoms with van der Waals surface area (Å²) in [5.74, 6) is 1.91. The molecule has 5 heterocycles. The summed E-state index contributed by atoms with van der Waals surface area (Å²) in [4.78, 5) is 35.5. The summed E-state index contributed by atoms with van der Waals surface area (Å²) in [6.45, 7) is 9.87. The molecule has 0 radical (unpaired) electrons. The highest BCUT2D eigenvalue weighted by Crippen LogP contribution is 2.36. The summed E-state index contributed by atoms with van der Waals surface area (Å²) < 4.78 is 5.53. The van der Waals surface area contributed by atoms with Crippen molar-refractivity contribution in [1.29, 1.82) is 0 Å². The minimum Gasteiger partial charge on any atom is -0.356 e. The van der Waals surface area contributed by atoms with Gasteiger partial charge in [-0.1, -0.05) is 19.0 Å². The molecule has 5 rings (SSSR count). The second-order valence-corrected chi connectivity index (χ2v) is 10.6. The molecule has 0 spiro atoms. The average Bonchev–Trinajstić information content (AvgIpc) is 3.47. The zero-order chi connectivity index (χ0) is 24.5. The van der Waals surface area contributed by atoms with E-state index in [0.29, 0.717) is 11.7 Å². The van der Waals surface area contributed by atoms with Crippen molar-refractivity contribution in [3.05, 3.63) is 47.2 Å². The van der Waals surface area contributed by atoms with E-state index in [2.05, 4.69) is 49.2 Å². The zero-order valence-corrected chi connectivity index (χ0v) is 21.2. The van der Waals surface area contributed by atoms with Gasteiger partial charge in [-0.25, -0.2) is 9.97 Å². The predicted molar refractivity (Wildman–Crippen MR) is 135 cm³/mol. The highest BCUT2D eigenvalue weighted by molar-refractivity contribution is 7.18. The van der Waals surface area contributed by atoms with Gasteiger partial charge in [0.25, 0.3) is 0 Å². The van der Waals surface area contributed by atoms with Crippen molar-refractivity contribution in [2.24, 2.45) is 11.8 Å². The standard InChI is InChI=1S/C25H29N7O2S/c1-14(2)20(24-30-21(31-34-24)18-6-5-9-26-12-18)29-23(33)17-7-10-32(11-8-17)22-19-15(3)16(4)35-25(19)28-13-27-22/h5-6,9,12-14,17,20H,7-8,10-11H2,1-4H3,(H,29,33)/t20-/m1/s1. The van der Waals surface area contributed by atoms with E-state index < -0.39 is 0 Å². The minimum absolute atomic E-state index is 0.0277. The molecule has 1 fully saturated rings. The number of amides is 1. The van der Waals surface area contributed by atoms with Gasteiger partial charge in [0.05, 0.1) is 5.39 Å². The summed E-state index contributed by atoms with van der Waals surface area (Å²) in [6, 6.07) is 3.35. The van der Waals surface area contributed by atoms with Crippen LogP contribution in [-0.4, -0.2) is 44.1 Å². The fourth-order valence-electron chi connectivity index (χ4n) is 4.52. The lowest BCUT2D eigenvalue weighted by Crippen LogP contribution is -2.42. The number of carbonyl (C=O) groups excluding carboxylic acids is 1. The topological polar surface area (TPSA) is 110 Å². The number of hydrogen-bond acceptors (Lipinski definition) is 9. The van der Waals surface area contributed by atoms with Gasteiger partial charge in [0.1, 0.15) is 23.0 Å². The number of aryl methyl sites for hydroxylation is 2. The largest absolute Gasteiger partial charge is 0.356 e. The third-order valence-electron chi connectivity index (χ3n) is 6.70. The number of aromatic nitrogens is 5. The maximum absolute atomic E-state index is 13.2. The summed E-state index contributed by atoms with van der Waals surface area (Å²) in [6.07, 6.45) is 6.55. The van der Waals surface area contributed by atoms with E-state index >= 15 is 0 Å². The first-order chi connectivity index (χ1) is 16.9. The molecule has 0 aliphatic carbocycles. The number of nitrogens with one attached hydrogen (secondary N) is 1. The highest BCUT2D eigenvalue weighted by Gasteiger charge is 2.31. The maximum Gasteiger partial charge on any atom is 0.249 e. The Balaban J connectivity index is 1.26. The monoisotopic (exact) mass is 491 g/mol. The van der Waals surface area contributed by atoms with Gasteiger partial charge in [0, 0.05) is 41.8 Å². The van der Waals surface area contributed by atoms with Crippen molar-refractivity contribution >= 4 is 33.3 Å². The second-order valence-electron chi connectivity index (χ2n) is 9.35. The van der Waals surface area contributed by atoms with Gasteiger partial charge >= 0.3 is 0 Å². The molecule has 0 aromatic carbocycles. The molecule has 4 aromatic rings. The first kappa shape index (κ1) is 23.3. The predicted octanol–water partition coefficient (Wildman–Crippen LogP) is 4.48.